The summed E-state index contributed by atoms with van der Waals surface area (Å²) in [7, 11) is 0. The van der Waals surface area contributed by atoms with Crippen molar-refractivity contribution in [3.8, 4) is 0 Å². The van der Waals surface area contributed by atoms with Crippen LogP contribution in [-0.4, -0.2) is 46.6 Å². The number of pyridine rings is 1. The molecule has 6 nitrogen and oxygen atoms in total. The summed E-state index contributed by atoms with van der Waals surface area (Å²) in [6.45, 7) is 1.80. The number of carbonyl (C=O) groups is 1. The molecule has 1 amide bonds. The van der Waals surface area contributed by atoms with Gasteiger partial charge in [0.25, 0.3) is 5.91 Å². The predicted octanol–water partition coefficient (Wildman–Crippen LogP) is 5.04. The number of carbonyl (C=O) groups excluding carboxylic acids is 1. The van der Waals surface area contributed by atoms with Crippen molar-refractivity contribution in [2.75, 3.05) is 19.6 Å². The fourth-order valence-electron chi connectivity index (χ4n) is 4.52. The Morgan fingerprint density at radius 2 is 1.94 bits per heavy atom. The summed E-state index contributed by atoms with van der Waals surface area (Å²) < 4.78 is 35.7. The Hall–Kier alpha value is -3.07. The largest absolute Gasteiger partial charge is 0.454 e. The summed E-state index contributed by atoms with van der Waals surface area (Å²) in [5, 5.41) is 15.1. The van der Waals surface area contributed by atoms with E-state index in [0.29, 0.717) is 16.0 Å². The van der Waals surface area contributed by atoms with E-state index < -0.39 is 29.7 Å². The summed E-state index contributed by atoms with van der Waals surface area (Å²) in [6, 6.07) is 13.5. The molecule has 1 aliphatic heterocycles. The third kappa shape index (κ3) is 4.87. The normalized spacial score (nSPS) is 16.6. The van der Waals surface area contributed by atoms with E-state index in [-0.39, 0.29) is 12.1 Å². The standard InChI is InChI=1S/C26H24ClF2N3O3/c27-19-6-8-22-18(13-19)14-23(35-22)26(28,29)25(34)31-21(15-32-10-1-2-11-32)24(33)17-5-7-20-16(12-17)4-3-9-30-20/h3-9,12-14,21,24,33H,1-2,10-11,15H2,(H,31,34)/t21-,24+/m1/s1. The van der Waals surface area contributed by atoms with Crippen molar-refractivity contribution in [2.45, 2.75) is 30.9 Å². The third-order valence-corrected chi connectivity index (χ3v) is 6.63. The van der Waals surface area contributed by atoms with Crippen molar-refractivity contribution in [3.05, 3.63) is 77.1 Å². The molecular weight excluding hydrogens is 476 g/mol. The van der Waals surface area contributed by atoms with Crippen molar-refractivity contribution < 1.29 is 23.1 Å². The van der Waals surface area contributed by atoms with Crippen LogP contribution < -0.4 is 5.32 Å². The lowest BCUT2D eigenvalue weighted by molar-refractivity contribution is -0.151. The number of rotatable bonds is 7. The maximum Gasteiger partial charge on any atom is 0.380 e. The van der Waals surface area contributed by atoms with Gasteiger partial charge in [0.15, 0.2) is 5.76 Å². The van der Waals surface area contributed by atoms with Gasteiger partial charge < -0.3 is 19.7 Å². The predicted molar refractivity (Wildman–Crippen MR) is 129 cm³/mol. The minimum atomic E-state index is -3.94. The van der Waals surface area contributed by atoms with Crippen LogP contribution in [0.2, 0.25) is 5.02 Å². The molecule has 0 aliphatic carbocycles. The van der Waals surface area contributed by atoms with Crippen LogP contribution in [0.4, 0.5) is 8.78 Å². The fraction of sp³-hybridized carbons (Fsp3) is 0.308. The average Bonchev–Trinajstić information content (AvgIpc) is 3.52. The first-order valence-corrected chi connectivity index (χ1v) is 11.8. The van der Waals surface area contributed by atoms with Crippen LogP contribution in [0, 0.1) is 0 Å². The number of amides is 1. The molecule has 35 heavy (non-hydrogen) atoms. The highest BCUT2D eigenvalue weighted by molar-refractivity contribution is 6.31. The van der Waals surface area contributed by atoms with Crippen molar-refractivity contribution in [1.29, 1.82) is 0 Å². The average molecular weight is 500 g/mol. The zero-order valence-electron chi connectivity index (χ0n) is 18.8. The number of alkyl halides is 2. The summed E-state index contributed by atoms with van der Waals surface area (Å²) in [4.78, 5) is 19.2. The lowest BCUT2D eigenvalue weighted by Gasteiger charge is -2.30. The van der Waals surface area contributed by atoms with Crippen LogP contribution in [0.1, 0.15) is 30.3 Å². The molecule has 5 rings (SSSR count). The fourth-order valence-corrected chi connectivity index (χ4v) is 4.70. The van der Waals surface area contributed by atoms with Gasteiger partial charge in [0.05, 0.1) is 11.6 Å². The van der Waals surface area contributed by atoms with Crippen LogP contribution in [0.25, 0.3) is 21.9 Å². The highest BCUT2D eigenvalue weighted by Gasteiger charge is 2.46. The Labute approximate surface area is 205 Å². The molecule has 1 aliphatic rings. The molecule has 0 bridgehead atoms. The van der Waals surface area contributed by atoms with Gasteiger partial charge in [-0.2, -0.15) is 8.78 Å². The molecule has 1 saturated heterocycles. The molecule has 0 spiro atoms. The highest BCUT2D eigenvalue weighted by atomic mass is 35.5. The van der Waals surface area contributed by atoms with Crippen LogP contribution in [-0.2, 0) is 10.7 Å². The Bertz CT molecular complexity index is 1370. The Kier molecular flexibility index (Phi) is 6.44. The number of aromatic nitrogens is 1. The molecule has 1 fully saturated rings. The molecule has 0 unspecified atom stereocenters. The van der Waals surface area contributed by atoms with Gasteiger partial charge >= 0.3 is 5.92 Å². The number of fused-ring (bicyclic) bond motifs is 2. The van der Waals surface area contributed by atoms with Crippen molar-refractivity contribution in [1.82, 2.24) is 15.2 Å². The van der Waals surface area contributed by atoms with Crippen LogP contribution in [0.3, 0.4) is 0 Å². The molecule has 182 valence electrons. The summed E-state index contributed by atoms with van der Waals surface area (Å²) in [5.74, 6) is -6.26. The Morgan fingerprint density at radius 1 is 1.14 bits per heavy atom. The molecule has 2 atom stereocenters. The van der Waals surface area contributed by atoms with Gasteiger partial charge in [0.2, 0.25) is 0 Å². The minimum Gasteiger partial charge on any atom is -0.454 e. The molecule has 9 heteroatoms. The lowest BCUT2D eigenvalue weighted by Crippen LogP contribution is -2.50. The van der Waals surface area contributed by atoms with Gasteiger partial charge in [0, 0.05) is 28.5 Å². The molecule has 2 aromatic carbocycles. The number of nitrogens with one attached hydrogen (secondary N) is 1. The van der Waals surface area contributed by atoms with Gasteiger partial charge in [-0.15, -0.1) is 0 Å². The maximum absolute atomic E-state index is 15.2. The first-order chi connectivity index (χ1) is 16.8. The molecule has 0 radical (unpaired) electrons. The van der Waals surface area contributed by atoms with E-state index in [1.54, 1.807) is 30.5 Å². The number of likely N-dealkylation sites (tertiary alicyclic amines) is 1. The van der Waals surface area contributed by atoms with E-state index in [2.05, 4.69) is 15.2 Å². The zero-order valence-corrected chi connectivity index (χ0v) is 19.5. The second kappa shape index (κ2) is 9.53. The molecule has 4 aromatic rings. The number of hydrogen-bond donors (Lipinski definition) is 2. The van der Waals surface area contributed by atoms with E-state index in [4.69, 9.17) is 16.0 Å². The van der Waals surface area contributed by atoms with Crippen LogP contribution in [0.5, 0.6) is 0 Å². The number of nitrogens with zero attached hydrogens (tertiary/aromatic N) is 2. The van der Waals surface area contributed by atoms with E-state index in [9.17, 15) is 9.90 Å². The van der Waals surface area contributed by atoms with Gasteiger partial charge in [0.1, 0.15) is 11.7 Å². The number of hydrogen-bond acceptors (Lipinski definition) is 5. The van der Waals surface area contributed by atoms with Crippen LogP contribution in [0.15, 0.2) is 65.2 Å². The number of furan rings is 1. The van der Waals surface area contributed by atoms with Gasteiger partial charge in [-0.05, 0) is 74.0 Å². The molecule has 2 aromatic heterocycles. The summed E-state index contributed by atoms with van der Waals surface area (Å²) >= 11 is 5.94. The quantitative estimate of drug-likeness (QED) is 0.372. The molecule has 0 saturated carbocycles. The molecular formula is C26H24ClF2N3O3. The van der Waals surface area contributed by atoms with Gasteiger partial charge in [-0.1, -0.05) is 23.7 Å². The van der Waals surface area contributed by atoms with Gasteiger partial charge in [-0.25, -0.2) is 0 Å². The Balaban J connectivity index is 1.41. The first-order valence-electron chi connectivity index (χ1n) is 11.4. The SMILES string of the molecule is O=C(N[C@H](CN1CCCC1)[C@@H](O)c1ccc2ncccc2c1)C(F)(F)c1cc2cc(Cl)ccc2o1. The van der Waals surface area contributed by atoms with E-state index in [1.165, 1.54) is 18.2 Å². The summed E-state index contributed by atoms with van der Waals surface area (Å²) in [5.41, 5.74) is 1.46. The number of benzene rings is 2. The minimum absolute atomic E-state index is 0.204. The highest BCUT2D eigenvalue weighted by Crippen LogP contribution is 2.34. The van der Waals surface area contributed by atoms with Crippen LogP contribution >= 0.6 is 11.6 Å². The monoisotopic (exact) mass is 499 g/mol. The van der Waals surface area contributed by atoms with E-state index in [1.807, 2.05) is 6.07 Å². The molecule has 3 heterocycles. The smallest absolute Gasteiger partial charge is 0.380 e. The van der Waals surface area contributed by atoms with E-state index >= 15 is 8.78 Å². The number of aliphatic hydroxyl groups excluding tert-OH is 1. The Morgan fingerprint density at radius 3 is 2.74 bits per heavy atom. The topological polar surface area (TPSA) is 78.6 Å². The number of halogens is 3. The second-order valence-corrected chi connectivity index (χ2v) is 9.29. The van der Waals surface area contributed by atoms with Crippen molar-refractivity contribution in [2.24, 2.45) is 0 Å². The first kappa shape index (κ1) is 23.7. The third-order valence-electron chi connectivity index (χ3n) is 6.39. The van der Waals surface area contributed by atoms with Crippen molar-refractivity contribution in [3.63, 3.8) is 0 Å². The second-order valence-electron chi connectivity index (χ2n) is 8.86. The van der Waals surface area contributed by atoms with E-state index in [0.717, 1.165) is 42.9 Å². The van der Waals surface area contributed by atoms with Crippen molar-refractivity contribution >= 4 is 39.4 Å². The molecule has 2 N–H and O–H groups in total. The number of aliphatic hydroxyl groups is 1. The summed E-state index contributed by atoms with van der Waals surface area (Å²) in [6.07, 6.45) is 2.43. The maximum atomic E-state index is 15.2. The van der Waals surface area contributed by atoms with Gasteiger partial charge in [-0.3, -0.25) is 9.78 Å². The zero-order chi connectivity index (χ0) is 24.6. The lowest BCUT2D eigenvalue weighted by atomic mass is 9.99.